The molecule has 1 heterocycles. The van der Waals surface area contributed by atoms with Gasteiger partial charge in [0.15, 0.2) is 5.16 Å². The van der Waals surface area contributed by atoms with Crippen molar-refractivity contribution in [1.82, 2.24) is 14.8 Å². The fraction of sp³-hybridized carbons (Fsp3) is 0.120. The Morgan fingerprint density at radius 2 is 1.53 bits per heavy atom. The van der Waals surface area contributed by atoms with Crippen molar-refractivity contribution in [3.05, 3.63) is 95.3 Å². The summed E-state index contributed by atoms with van der Waals surface area (Å²) >= 11 is 7.38. The van der Waals surface area contributed by atoms with E-state index in [0.29, 0.717) is 28.0 Å². The number of carbonyl (C=O) groups is 2. The van der Waals surface area contributed by atoms with Gasteiger partial charge in [0, 0.05) is 35.4 Å². The molecule has 0 unspecified atom stereocenters. The monoisotopic (exact) mass is 491 g/mol. The lowest BCUT2D eigenvalue weighted by Gasteiger charge is -2.11. The first-order valence-electron chi connectivity index (χ1n) is 10.5. The molecule has 7 nitrogen and oxygen atoms in total. The SMILES string of the molecule is CC(=O)Nc1ccc(NC(=O)CSc2nnc(Cc3ccccc3)n2-c2ccc(Cl)cc2)cc1. The third-order valence-corrected chi connectivity index (χ3v) is 5.99. The Labute approximate surface area is 206 Å². The number of hydrogen-bond acceptors (Lipinski definition) is 5. The second kappa shape index (κ2) is 11.0. The highest BCUT2D eigenvalue weighted by Crippen LogP contribution is 2.25. The Balaban J connectivity index is 1.48. The van der Waals surface area contributed by atoms with Gasteiger partial charge in [-0.25, -0.2) is 0 Å². The van der Waals surface area contributed by atoms with Gasteiger partial charge in [-0.1, -0.05) is 53.7 Å². The molecule has 0 aliphatic carbocycles. The smallest absolute Gasteiger partial charge is 0.234 e. The van der Waals surface area contributed by atoms with E-state index in [1.165, 1.54) is 18.7 Å². The largest absolute Gasteiger partial charge is 0.326 e. The topological polar surface area (TPSA) is 88.9 Å². The van der Waals surface area contributed by atoms with E-state index in [1.54, 1.807) is 24.3 Å². The van der Waals surface area contributed by atoms with Crippen molar-refractivity contribution >= 4 is 46.6 Å². The summed E-state index contributed by atoms with van der Waals surface area (Å²) in [5, 5.41) is 15.6. The minimum Gasteiger partial charge on any atom is -0.326 e. The molecule has 0 atom stereocenters. The molecule has 0 spiro atoms. The predicted molar refractivity (Wildman–Crippen MR) is 136 cm³/mol. The number of aromatic nitrogens is 3. The highest BCUT2D eigenvalue weighted by atomic mass is 35.5. The minimum atomic E-state index is -0.174. The van der Waals surface area contributed by atoms with Crippen LogP contribution in [-0.2, 0) is 16.0 Å². The summed E-state index contributed by atoms with van der Waals surface area (Å²) in [6.07, 6.45) is 0.601. The summed E-state index contributed by atoms with van der Waals surface area (Å²) in [4.78, 5) is 23.7. The van der Waals surface area contributed by atoms with Crippen LogP contribution in [0.3, 0.4) is 0 Å². The van der Waals surface area contributed by atoms with Crippen molar-refractivity contribution in [3.8, 4) is 5.69 Å². The number of amides is 2. The maximum atomic E-state index is 12.6. The Hall–Kier alpha value is -3.62. The van der Waals surface area contributed by atoms with Gasteiger partial charge >= 0.3 is 0 Å². The minimum absolute atomic E-state index is 0.149. The molecule has 1 aromatic heterocycles. The molecule has 34 heavy (non-hydrogen) atoms. The molecule has 0 fully saturated rings. The summed E-state index contributed by atoms with van der Waals surface area (Å²) in [5.41, 5.74) is 3.30. The number of nitrogens with one attached hydrogen (secondary N) is 2. The van der Waals surface area contributed by atoms with Crippen molar-refractivity contribution in [1.29, 1.82) is 0 Å². The van der Waals surface area contributed by atoms with Crippen molar-refractivity contribution in [3.63, 3.8) is 0 Å². The molecule has 9 heteroatoms. The van der Waals surface area contributed by atoms with Gasteiger partial charge in [0.1, 0.15) is 5.82 Å². The summed E-state index contributed by atoms with van der Waals surface area (Å²) in [7, 11) is 0. The van der Waals surface area contributed by atoms with Gasteiger partial charge in [-0.05, 0) is 54.1 Å². The van der Waals surface area contributed by atoms with Gasteiger partial charge in [-0.15, -0.1) is 10.2 Å². The molecule has 2 amide bonds. The molecule has 0 aliphatic rings. The summed E-state index contributed by atoms with van der Waals surface area (Å²) in [6.45, 7) is 1.45. The third kappa shape index (κ3) is 6.24. The lowest BCUT2D eigenvalue weighted by atomic mass is 10.1. The molecule has 0 saturated heterocycles. The number of carbonyl (C=O) groups excluding carboxylic acids is 2. The second-order valence-electron chi connectivity index (χ2n) is 7.47. The Morgan fingerprint density at radius 1 is 0.882 bits per heavy atom. The zero-order valence-electron chi connectivity index (χ0n) is 18.4. The first-order valence-corrected chi connectivity index (χ1v) is 11.9. The molecule has 3 aromatic carbocycles. The molecule has 4 aromatic rings. The predicted octanol–water partition coefficient (Wildman–Crippen LogP) is 5.20. The van der Waals surface area contributed by atoms with Crippen LogP contribution in [-0.4, -0.2) is 32.3 Å². The summed E-state index contributed by atoms with van der Waals surface area (Å²) in [5.74, 6) is 0.604. The number of hydrogen-bond donors (Lipinski definition) is 2. The van der Waals surface area contributed by atoms with Crippen LogP contribution < -0.4 is 10.6 Å². The lowest BCUT2D eigenvalue weighted by Crippen LogP contribution is -2.15. The van der Waals surface area contributed by atoms with Crippen LogP contribution in [0.1, 0.15) is 18.3 Å². The van der Waals surface area contributed by atoms with E-state index in [4.69, 9.17) is 11.6 Å². The van der Waals surface area contributed by atoms with Crippen molar-refractivity contribution in [2.24, 2.45) is 0 Å². The van der Waals surface area contributed by atoms with Gasteiger partial charge in [0.2, 0.25) is 11.8 Å². The summed E-state index contributed by atoms with van der Waals surface area (Å²) < 4.78 is 1.95. The van der Waals surface area contributed by atoms with E-state index in [9.17, 15) is 9.59 Å². The average Bonchev–Trinajstić information content (AvgIpc) is 3.22. The molecular weight excluding hydrogens is 470 g/mol. The quantitative estimate of drug-likeness (QED) is 0.331. The van der Waals surface area contributed by atoms with E-state index < -0.39 is 0 Å². The fourth-order valence-corrected chi connectivity index (χ4v) is 4.20. The maximum absolute atomic E-state index is 12.6. The fourth-order valence-electron chi connectivity index (χ4n) is 3.30. The van der Waals surface area contributed by atoms with Crippen LogP contribution >= 0.6 is 23.4 Å². The van der Waals surface area contributed by atoms with Gasteiger partial charge in [0.25, 0.3) is 0 Å². The van der Waals surface area contributed by atoms with E-state index in [2.05, 4.69) is 20.8 Å². The molecule has 4 rings (SSSR count). The molecule has 0 saturated carbocycles. The Morgan fingerprint density at radius 3 is 2.18 bits per heavy atom. The molecule has 2 N–H and O–H groups in total. The van der Waals surface area contributed by atoms with Crippen LogP contribution in [0.4, 0.5) is 11.4 Å². The normalized spacial score (nSPS) is 10.6. The number of anilines is 2. The Kier molecular flexibility index (Phi) is 7.61. The standard InChI is InChI=1S/C25H22ClN5O2S/c1-17(32)27-20-9-11-21(12-10-20)28-24(33)16-34-25-30-29-23(15-18-5-3-2-4-6-18)31(25)22-13-7-19(26)8-14-22/h2-14H,15-16H2,1H3,(H,27,32)(H,28,33). The van der Waals surface area contributed by atoms with Crippen molar-refractivity contribution < 1.29 is 9.59 Å². The second-order valence-corrected chi connectivity index (χ2v) is 8.85. The number of halogens is 1. The van der Waals surface area contributed by atoms with Crippen molar-refractivity contribution in [2.75, 3.05) is 16.4 Å². The maximum Gasteiger partial charge on any atom is 0.234 e. The molecule has 172 valence electrons. The third-order valence-electron chi connectivity index (χ3n) is 4.81. The van der Waals surface area contributed by atoms with Gasteiger partial charge in [0.05, 0.1) is 5.75 Å². The van der Waals surface area contributed by atoms with Gasteiger partial charge in [-0.2, -0.15) is 0 Å². The lowest BCUT2D eigenvalue weighted by molar-refractivity contribution is -0.114. The first kappa shape index (κ1) is 23.5. The van der Waals surface area contributed by atoms with Gasteiger partial charge < -0.3 is 10.6 Å². The first-order chi connectivity index (χ1) is 16.5. The average molecular weight is 492 g/mol. The summed E-state index contributed by atoms with van der Waals surface area (Å²) in [6, 6.07) is 24.4. The van der Waals surface area contributed by atoms with E-state index >= 15 is 0 Å². The number of rotatable bonds is 8. The van der Waals surface area contributed by atoms with Crippen LogP contribution in [0, 0.1) is 0 Å². The van der Waals surface area contributed by atoms with Gasteiger partial charge in [-0.3, -0.25) is 14.2 Å². The molecule has 0 radical (unpaired) electrons. The molecule has 0 aliphatic heterocycles. The van der Waals surface area contributed by atoms with Crippen molar-refractivity contribution in [2.45, 2.75) is 18.5 Å². The zero-order chi connectivity index (χ0) is 23.9. The highest BCUT2D eigenvalue weighted by molar-refractivity contribution is 7.99. The zero-order valence-corrected chi connectivity index (χ0v) is 19.9. The number of benzene rings is 3. The van der Waals surface area contributed by atoms with Crippen LogP contribution in [0.25, 0.3) is 5.69 Å². The Bertz CT molecular complexity index is 1280. The van der Waals surface area contributed by atoms with Crippen LogP contribution in [0.2, 0.25) is 5.02 Å². The van der Waals surface area contributed by atoms with Crippen LogP contribution in [0.15, 0.2) is 84.0 Å². The number of thioether (sulfide) groups is 1. The molecular formula is C25H22ClN5O2S. The van der Waals surface area contributed by atoms with Crippen LogP contribution in [0.5, 0.6) is 0 Å². The number of nitrogens with zero attached hydrogens (tertiary/aromatic N) is 3. The van der Waals surface area contributed by atoms with E-state index in [1.807, 2.05) is 59.2 Å². The highest BCUT2D eigenvalue weighted by Gasteiger charge is 2.16. The molecule has 0 bridgehead atoms. The van der Waals surface area contributed by atoms with E-state index in [-0.39, 0.29) is 17.6 Å². The van der Waals surface area contributed by atoms with E-state index in [0.717, 1.165) is 17.1 Å².